The molecule has 3 rings (SSSR count). The average molecular weight is 487 g/mol. The minimum atomic E-state index is -3.65. The summed E-state index contributed by atoms with van der Waals surface area (Å²) in [5.74, 6) is -0.783. The van der Waals surface area contributed by atoms with E-state index in [9.17, 15) is 22.8 Å². The van der Waals surface area contributed by atoms with Gasteiger partial charge in [0.1, 0.15) is 0 Å². The van der Waals surface area contributed by atoms with Crippen LogP contribution in [-0.2, 0) is 19.6 Å². The third-order valence-electron chi connectivity index (χ3n) is 5.78. The lowest BCUT2D eigenvalue weighted by Crippen LogP contribution is -2.42. The zero-order valence-corrected chi connectivity index (χ0v) is 20.6. The van der Waals surface area contributed by atoms with E-state index in [2.05, 4.69) is 5.32 Å². The fraction of sp³-hybridized carbons (Fsp3) is 0.400. The number of esters is 1. The highest BCUT2D eigenvalue weighted by atomic mass is 32.2. The first-order valence-corrected chi connectivity index (χ1v) is 12.6. The minimum absolute atomic E-state index is 0.0842. The molecule has 1 aliphatic rings. The molecule has 1 aliphatic heterocycles. The van der Waals surface area contributed by atoms with Crippen molar-refractivity contribution in [2.45, 2.75) is 45.1 Å². The molecule has 1 N–H and O–H groups in total. The number of ketones is 1. The van der Waals surface area contributed by atoms with Gasteiger partial charge >= 0.3 is 5.97 Å². The summed E-state index contributed by atoms with van der Waals surface area (Å²) in [6.07, 6.45) is -0.0912. The molecule has 1 fully saturated rings. The first-order chi connectivity index (χ1) is 16.0. The van der Waals surface area contributed by atoms with Crippen LogP contribution in [0.1, 0.15) is 54.8 Å². The number of sulfonamides is 1. The monoisotopic (exact) mass is 486 g/mol. The zero-order valence-electron chi connectivity index (χ0n) is 19.8. The van der Waals surface area contributed by atoms with E-state index in [1.807, 2.05) is 13.8 Å². The van der Waals surface area contributed by atoms with Crippen LogP contribution in [0.5, 0.6) is 0 Å². The summed E-state index contributed by atoms with van der Waals surface area (Å²) in [6.45, 7) is 7.91. The Morgan fingerprint density at radius 1 is 0.941 bits per heavy atom. The summed E-state index contributed by atoms with van der Waals surface area (Å²) in [7, 11) is -3.65. The predicted octanol–water partition coefficient (Wildman–Crippen LogP) is 3.74. The van der Waals surface area contributed by atoms with E-state index in [1.165, 1.54) is 42.4 Å². The van der Waals surface area contributed by atoms with E-state index in [4.69, 9.17) is 4.74 Å². The molecular weight excluding hydrogens is 456 g/mol. The van der Waals surface area contributed by atoms with Crippen LogP contribution in [0.15, 0.2) is 53.4 Å². The average Bonchev–Trinajstić information content (AvgIpc) is 2.78. The molecule has 1 heterocycles. The Bertz CT molecular complexity index is 1150. The number of hydrogen-bond acceptors (Lipinski definition) is 6. The van der Waals surface area contributed by atoms with Gasteiger partial charge < -0.3 is 10.1 Å². The fourth-order valence-corrected chi connectivity index (χ4v) is 5.71. The highest BCUT2D eigenvalue weighted by molar-refractivity contribution is 7.89. The van der Waals surface area contributed by atoms with Crippen molar-refractivity contribution < 1.29 is 27.5 Å². The number of ether oxygens (including phenoxy) is 1. The van der Waals surface area contributed by atoms with Gasteiger partial charge in [-0.3, -0.25) is 9.59 Å². The fourth-order valence-electron chi connectivity index (χ4n) is 4.03. The molecule has 2 aromatic rings. The number of carbonyl (C=O) groups is 3. The quantitative estimate of drug-likeness (QED) is 0.472. The lowest BCUT2D eigenvalue weighted by Gasteiger charge is -2.34. The van der Waals surface area contributed by atoms with E-state index in [1.54, 1.807) is 24.3 Å². The Balaban J connectivity index is 1.61. The van der Waals surface area contributed by atoms with Crippen LogP contribution < -0.4 is 5.32 Å². The van der Waals surface area contributed by atoms with Crippen LogP contribution in [0, 0.1) is 11.8 Å². The Kier molecular flexibility index (Phi) is 7.89. The van der Waals surface area contributed by atoms with Crippen molar-refractivity contribution in [2.24, 2.45) is 11.8 Å². The minimum Gasteiger partial charge on any atom is -0.449 e. The van der Waals surface area contributed by atoms with E-state index < -0.39 is 28.0 Å². The Morgan fingerprint density at radius 3 is 2.00 bits per heavy atom. The van der Waals surface area contributed by atoms with E-state index in [0.29, 0.717) is 24.3 Å². The maximum Gasteiger partial charge on any atom is 0.338 e. The van der Waals surface area contributed by atoms with Crippen molar-refractivity contribution >= 4 is 33.4 Å². The maximum absolute atomic E-state index is 13.0. The molecule has 0 unspecified atom stereocenters. The van der Waals surface area contributed by atoms with E-state index in [0.717, 1.165) is 6.42 Å². The topological polar surface area (TPSA) is 110 Å². The molecule has 3 atom stereocenters. The number of hydrogen-bond donors (Lipinski definition) is 1. The van der Waals surface area contributed by atoms with Gasteiger partial charge in [-0.1, -0.05) is 13.8 Å². The molecule has 0 aliphatic carbocycles. The Labute approximate surface area is 200 Å². The lowest BCUT2D eigenvalue weighted by atomic mass is 9.94. The summed E-state index contributed by atoms with van der Waals surface area (Å²) < 4.78 is 32.7. The molecule has 0 saturated carbocycles. The van der Waals surface area contributed by atoms with Crippen molar-refractivity contribution in [1.82, 2.24) is 4.31 Å². The molecule has 0 bridgehead atoms. The molecular formula is C25H30N2O6S. The van der Waals surface area contributed by atoms with Crippen LogP contribution >= 0.6 is 0 Å². The molecule has 1 amide bonds. The SMILES string of the molecule is CC(=O)c1ccc(NC(=O)[C@H](C)OC(=O)c2ccc(S(=O)(=O)N3C[C@@H](C)C[C@H](C)C3)cc2)cc1. The largest absolute Gasteiger partial charge is 0.449 e. The second kappa shape index (κ2) is 10.5. The summed E-state index contributed by atoms with van der Waals surface area (Å²) in [4.78, 5) is 36.3. The Morgan fingerprint density at radius 2 is 1.47 bits per heavy atom. The summed E-state index contributed by atoms with van der Waals surface area (Å²) in [6, 6.07) is 11.9. The van der Waals surface area contributed by atoms with Crippen LogP contribution in [0.25, 0.3) is 0 Å². The summed E-state index contributed by atoms with van der Waals surface area (Å²) in [5.41, 5.74) is 1.13. The molecule has 8 nitrogen and oxygen atoms in total. The van der Waals surface area contributed by atoms with Gasteiger partial charge in [-0.05, 0) is 80.6 Å². The van der Waals surface area contributed by atoms with Crippen molar-refractivity contribution in [1.29, 1.82) is 0 Å². The van der Waals surface area contributed by atoms with Crippen molar-refractivity contribution in [3.05, 3.63) is 59.7 Å². The van der Waals surface area contributed by atoms with E-state index in [-0.39, 0.29) is 28.1 Å². The number of Topliss-reactive ketones (excluding diaryl/α,β-unsaturated/α-hetero) is 1. The number of amides is 1. The zero-order chi connectivity index (χ0) is 25.0. The molecule has 1 saturated heterocycles. The Hall–Kier alpha value is -3.04. The maximum atomic E-state index is 13.0. The van der Waals surface area contributed by atoms with Crippen molar-refractivity contribution in [3.8, 4) is 0 Å². The van der Waals surface area contributed by atoms with Gasteiger partial charge in [0.05, 0.1) is 10.5 Å². The van der Waals surface area contributed by atoms with Gasteiger partial charge in [0, 0.05) is 24.3 Å². The molecule has 0 aromatic heterocycles. The van der Waals surface area contributed by atoms with Gasteiger partial charge in [0.25, 0.3) is 5.91 Å². The molecule has 2 aromatic carbocycles. The number of anilines is 1. The summed E-state index contributed by atoms with van der Waals surface area (Å²) in [5, 5.41) is 2.62. The van der Waals surface area contributed by atoms with Gasteiger partial charge in [-0.25, -0.2) is 13.2 Å². The second-order valence-corrected chi connectivity index (χ2v) is 10.9. The standard InChI is InChI=1S/C25H30N2O6S/c1-16-13-17(2)15-27(14-16)34(31,32)23-11-7-21(8-12-23)25(30)33-19(4)24(29)26-22-9-5-20(6-10-22)18(3)28/h5-12,16-17,19H,13-15H2,1-4H3,(H,26,29)/t16-,17-,19-/m0/s1. The number of carbonyl (C=O) groups excluding carboxylic acids is 3. The number of piperidine rings is 1. The highest BCUT2D eigenvalue weighted by Gasteiger charge is 2.31. The molecule has 34 heavy (non-hydrogen) atoms. The second-order valence-electron chi connectivity index (χ2n) is 8.96. The number of nitrogens with one attached hydrogen (secondary N) is 1. The highest BCUT2D eigenvalue weighted by Crippen LogP contribution is 2.27. The predicted molar refractivity (Wildman–Crippen MR) is 128 cm³/mol. The lowest BCUT2D eigenvalue weighted by molar-refractivity contribution is -0.123. The normalized spacial score (nSPS) is 19.8. The third kappa shape index (κ3) is 6.09. The molecule has 0 spiro atoms. The van der Waals surface area contributed by atoms with Crippen LogP contribution in [0.2, 0.25) is 0 Å². The van der Waals surface area contributed by atoms with Gasteiger partial charge in [-0.2, -0.15) is 4.31 Å². The first-order valence-electron chi connectivity index (χ1n) is 11.2. The third-order valence-corrected chi connectivity index (χ3v) is 7.62. The smallest absolute Gasteiger partial charge is 0.338 e. The summed E-state index contributed by atoms with van der Waals surface area (Å²) >= 11 is 0. The van der Waals surface area contributed by atoms with Gasteiger partial charge in [0.2, 0.25) is 10.0 Å². The number of nitrogens with zero attached hydrogens (tertiary/aromatic N) is 1. The number of rotatable bonds is 7. The van der Waals surface area contributed by atoms with Crippen molar-refractivity contribution in [2.75, 3.05) is 18.4 Å². The van der Waals surface area contributed by atoms with Crippen molar-refractivity contribution in [3.63, 3.8) is 0 Å². The van der Waals surface area contributed by atoms with E-state index >= 15 is 0 Å². The first kappa shape index (κ1) is 25.6. The van der Waals surface area contributed by atoms with Gasteiger partial charge in [0.15, 0.2) is 11.9 Å². The number of benzene rings is 2. The van der Waals surface area contributed by atoms with Crippen LogP contribution in [0.3, 0.4) is 0 Å². The molecule has 9 heteroatoms. The molecule has 0 radical (unpaired) electrons. The van der Waals surface area contributed by atoms with Crippen LogP contribution in [0.4, 0.5) is 5.69 Å². The molecule has 182 valence electrons. The van der Waals surface area contributed by atoms with Gasteiger partial charge in [-0.15, -0.1) is 0 Å². The van der Waals surface area contributed by atoms with Crippen LogP contribution in [-0.4, -0.2) is 49.6 Å².